The molecule has 1 aliphatic rings. The SMILES string of the molecule is CC1c2ccccc2-c2cccc(Cl)c21. The summed E-state index contributed by atoms with van der Waals surface area (Å²) in [6, 6.07) is 14.7. The van der Waals surface area contributed by atoms with Gasteiger partial charge in [-0.25, -0.2) is 0 Å². The molecule has 3 rings (SSSR count). The van der Waals surface area contributed by atoms with E-state index in [9.17, 15) is 0 Å². The molecule has 1 heteroatoms. The van der Waals surface area contributed by atoms with Crippen molar-refractivity contribution in [2.75, 3.05) is 0 Å². The van der Waals surface area contributed by atoms with Gasteiger partial charge >= 0.3 is 0 Å². The Hall–Kier alpha value is -1.27. The summed E-state index contributed by atoms with van der Waals surface area (Å²) < 4.78 is 0. The molecule has 0 saturated carbocycles. The zero-order valence-electron chi connectivity index (χ0n) is 8.50. The zero-order valence-corrected chi connectivity index (χ0v) is 9.25. The molecule has 2 aromatic carbocycles. The number of benzene rings is 2. The Morgan fingerprint density at radius 1 is 0.933 bits per heavy atom. The minimum absolute atomic E-state index is 0.421. The highest BCUT2D eigenvalue weighted by atomic mass is 35.5. The van der Waals surface area contributed by atoms with Gasteiger partial charge in [-0.3, -0.25) is 0 Å². The standard InChI is InChI=1S/C14H11Cl/c1-9-10-5-2-3-6-11(10)12-7-4-8-13(15)14(9)12/h2-9H,1H3. The quantitative estimate of drug-likeness (QED) is 0.607. The summed E-state index contributed by atoms with van der Waals surface area (Å²) in [6.07, 6.45) is 0. The van der Waals surface area contributed by atoms with Crippen LogP contribution in [-0.2, 0) is 0 Å². The van der Waals surface area contributed by atoms with Gasteiger partial charge in [-0.1, -0.05) is 54.9 Å². The van der Waals surface area contributed by atoms with Crippen LogP contribution in [0.5, 0.6) is 0 Å². The predicted molar refractivity (Wildman–Crippen MR) is 64.4 cm³/mol. The fourth-order valence-corrected chi connectivity index (χ4v) is 2.83. The topological polar surface area (TPSA) is 0 Å². The van der Waals surface area contributed by atoms with Crippen molar-refractivity contribution in [2.45, 2.75) is 12.8 Å². The molecular weight excluding hydrogens is 204 g/mol. The van der Waals surface area contributed by atoms with Crippen molar-refractivity contribution in [2.24, 2.45) is 0 Å². The second kappa shape index (κ2) is 3.11. The van der Waals surface area contributed by atoms with E-state index in [2.05, 4.69) is 37.3 Å². The van der Waals surface area contributed by atoms with Crippen LogP contribution < -0.4 is 0 Å². The van der Waals surface area contributed by atoms with E-state index in [0.29, 0.717) is 5.92 Å². The first kappa shape index (κ1) is 8.99. The summed E-state index contributed by atoms with van der Waals surface area (Å²) >= 11 is 6.25. The van der Waals surface area contributed by atoms with Gasteiger partial charge in [0.2, 0.25) is 0 Å². The van der Waals surface area contributed by atoms with Crippen LogP contribution in [0.2, 0.25) is 5.02 Å². The molecule has 15 heavy (non-hydrogen) atoms. The molecule has 0 heterocycles. The number of fused-ring (bicyclic) bond motifs is 3. The molecule has 0 amide bonds. The van der Waals surface area contributed by atoms with E-state index in [1.807, 2.05) is 12.1 Å². The Morgan fingerprint density at radius 2 is 1.67 bits per heavy atom. The van der Waals surface area contributed by atoms with Crippen molar-refractivity contribution >= 4 is 11.6 Å². The van der Waals surface area contributed by atoms with E-state index in [0.717, 1.165) is 5.02 Å². The molecule has 0 aromatic heterocycles. The Balaban J connectivity index is 2.37. The third-order valence-electron chi connectivity index (χ3n) is 3.20. The number of rotatable bonds is 0. The molecule has 0 radical (unpaired) electrons. The van der Waals surface area contributed by atoms with Gasteiger partial charge in [-0.05, 0) is 28.3 Å². The molecule has 1 atom stereocenters. The smallest absolute Gasteiger partial charge is 0.0450 e. The van der Waals surface area contributed by atoms with E-state index >= 15 is 0 Å². The van der Waals surface area contributed by atoms with E-state index in [1.165, 1.54) is 22.3 Å². The van der Waals surface area contributed by atoms with Crippen molar-refractivity contribution in [3.05, 3.63) is 58.6 Å². The molecule has 1 unspecified atom stereocenters. The maximum Gasteiger partial charge on any atom is 0.0450 e. The maximum absolute atomic E-state index is 6.25. The molecule has 2 aromatic rings. The van der Waals surface area contributed by atoms with Crippen LogP contribution in [0.3, 0.4) is 0 Å². The summed E-state index contributed by atoms with van der Waals surface area (Å²) in [4.78, 5) is 0. The first-order valence-electron chi connectivity index (χ1n) is 5.17. The highest BCUT2D eigenvalue weighted by molar-refractivity contribution is 6.32. The molecular formula is C14H11Cl. The maximum atomic E-state index is 6.25. The van der Waals surface area contributed by atoms with Crippen molar-refractivity contribution in [3.8, 4) is 11.1 Å². The van der Waals surface area contributed by atoms with Gasteiger partial charge in [0, 0.05) is 10.9 Å². The molecule has 0 fully saturated rings. The fourth-order valence-electron chi connectivity index (χ4n) is 2.49. The molecule has 0 saturated heterocycles. The summed E-state index contributed by atoms with van der Waals surface area (Å²) in [7, 11) is 0. The van der Waals surface area contributed by atoms with Gasteiger partial charge < -0.3 is 0 Å². The van der Waals surface area contributed by atoms with Gasteiger partial charge in [0.1, 0.15) is 0 Å². The van der Waals surface area contributed by atoms with Crippen LogP contribution in [0, 0.1) is 0 Å². The summed E-state index contributed by atoms with van der Waals surface area (Å²) in [5.74, 6) is 0.421. The van der Waals surface area contributed by atoms with E-state index in [4.69, 9.17) is 11.6 Å². The highest BCUT2D eigenvalue weighted by Crippen LogP contribution is 2.46. The van der Waals surface area contributed by atoms with E-state index < -0.39 is 0 Å². The van der Waals surface area contributed by atoms with Crippen molar-refractivity contribution in [1.82, 2.24) is 0 Å². The monoisotopic (exact) mass is 214 g/mol. The average molecular weight is 215 g/mol. The van der Waals surface area contributed by atoms with Crippen LogP contribution in [0.1, 0.15) is 24.0 Å². The molecule has 1 aliphatic carbocycles. The van der Waals surface area contributed by atoms with E-state index in [-0.39, 0.29) is 0 Å². The van der Waals surface area contributed by atoms with Crippen molar-refractivity contribution < 1.29 is 0 Å². The van der Waals surface area contributed by atoms with Gasteiger partial charge in [-0.2, -0.15) is 0 Å². The van der Waals surface area contributed by atoms with Crippen LogP contribution in [0.4, 0.5) is 0 Å². The molecule has 0 bridgehead atoms. The predicted octanol–water partition coefficient (Wildman–Crippen LogP) is 4.47. The third-order valence-corrected chi connectivity index (χ3v) is 3.53. The van der Waals surface area contributed by atoms with Crippen molar-refractivity contribution in [1.29, 1.82) is 0 Å². The van der Waals surface area contributed by atoms with Gasteiger partial charge in [0.25, 0.3) is 0 Å². The fraction of sp³-hybridized carbons (Fsp3) is 0.143. The van der Waals surface area contributed by atoms with Crippen molar-refractivity contribution in [3.63, 3.8) is 0 Å². The Bertz CT molecular complexity index is 529. The van der Waals surface area contributed by atoms with Gasteiger partial charge in [0.15, 0.2) is 0 Å². The first-order valence-corrected chi connectivity index (χ1v) is 5.54. The normalized spacial score (nSPS) is 17.3. The summed E-state index contributed by atoms with van der Waals surface area (Å²) in [6.45, 7) is 2.22. The highest BCUT2D eigenvalue weighted by Gasteiger charge is 2.26. The molecule has 0 spiro atoms. The lowest BCUT2D eigenvalue weighted by Gasteiger charge is -2.07. The lowest BCUT2D eigenvalue weighted by atomic mass is 9.99. The van der Waals surface area contributed by atoms with Crippen LogP contribution >= 0.6 is 11.6 Å². The van der Waals surface area contributed by atoms with Gasteiger partial charge in [-0.15, -0.1) is 0 Å². The first-order chi connectivity index (χ1) is 7.29. The van der Waals surface area contributed by atoms with Crippen LogP contribution in [-0.4, -0.2) is 0 Å². The molecule has 0 N–H and O–H groups in total. The third kappa shape index (κ3) is 1.15. The molecule has 74 valence electrons. The Morgan fingerprint density at radius 3 is 2.53 bits per heavy atom. The second-order valence-corrected chi connectivity index (χ2v) is 4.42. The summed E-state index contributed by atoms with van der Waals surface area (Å²) in [5.41, 5.74) is 5.30. The number of hydrogen-bond acceptors (Lipinski definition) is 0. The second-order valence-electron chi connectivity index (χ2n) is 4.01. The van der Waals surface area contributed by atoms with Crippen LogP contribution in [0.15, 0.2) is 42.5 Å². The lowest BCUT2D eigenvalue weighted by Crippen LogP contribution is -1.89. The summed E-state index contributed by atoms with van der Waals surface area (Å²) in [5, 5.41) is 0.885. The Kier molecular flexibility index (Phi) is 1.86. The minimum atomic E-state index is 0.421. The average Bonchev–Trinajstić information content (AvgIpc) is 2.55. The largest absolute Gasteiger partial charge is 0.0840 e. The Labute approximate surface area is 94.5 Å². The zero-order chi connectivity index (χ0) is 10.4. The molecule has 0 nitrogen and oxygen atoms in total. The van der Waals surface area contributed by atoms with Gasteiger partial charge in [0.05, 0.1) is 0 Å². The minimum Gasteiger partial charge on any atom is -0.0840 e. The lowest BCUT2D eigenvalue weighted by molar-refractivity contribution is 0.957. The number of halogens is 1. The van der Waals surface area contributed by atoms with Crippen LogP contribution in [0.25, 0.3) is 11.1 Å². The molecule has 0 aliphatic heterocycles. The number of hydrogen-bond donors (Lipinski definition) is 0. The van der Waals surface area contributed by atoms with E-state index in [1.54, 1.807) is 0 Å².